The molecule has 0 atom stereocenters. The van der Waals surface area contributed by atoms with Crippen molar-refractivity contribution in [1.29, 1.82) is 5.26 Å². The van der Waals surface area contributed by atoms with E-state index in [1.54, 1.807) is 6.07 Å². The predicted octanol–water partition coefficient (Wildman–Crippen LogP) is 4.64. The summed E-state index contributed by atoms with van der Waals surface area (Å²) < 4.78 is 13.8. The van der Waals surface area contributed by atoms with E-state index in [0.717, 1.165) is 30.8 Å². The number of unbranched alkanes of at least 4 members (excludes halogenated alkanes) is 1. The first-order valence-electron chi connectivity index (χ1n) is 6.78. The van der Waals surface area contributed by atoms with Crippen LogP contribution in [0.2, 0.25) is 0 Å². The molecule has 0 radical (unpaired) electrons. The van der Waals surface area contributed by atoms with Gasteiger partial charge in [0.05, 0.1) is 5.56 Å². The summed E-state index contributed by atoms with van der Waals surface area (Å²) in [4.78, 5) is 2.08. The van der Waals surface area contributed by atoms with Gasteiger partial charge in [-0.25, -0.2) is 4.39 Å². The van der Waals surface area contributed by atoms with E-state index < -0.39 is 5.82 Å². The Labute approximate surface area is 119 Å². The molecule has 0 spiro atoms. The lowest BCUT2D eigenvalue weighted by atomic mass is 10.1. The summed E-state index contributed by atoms with van der Waals surface area (Å²) in [6.45, 7) is 2.95. The van der Waals surface area contributed by atoms with Gasteiger partial charge < -0.3 is 4.90 Å². The first-order chi connectivity index (χ1) is 9.76. The number of halogens is 1. The van der Waals surface area contributed by atoms with E-state index in [1.807, 2.05) is 36.4 Å². The van der Waals surface area contributed by atoms with Crippen molar-refractivity contribution < 1.29 is 4.39 Å². The second-order valence-electron chi connectivity index (χ2n) is 4.62. The van der Waals surface area contributed by atoms with Gasteiger partial charge in [-0.1, -0.05) is 31.5 Å². The highest BCUT2D eigenvalue weighted by Crippen LogP contribution is 2.27. The number of nitriles is 1. The van der Waals surface area contributed by atoms with Crippen LogP contribution in [0.25, 0.3) is 0 Å². The average Bonchev–Trinajstić information content (AvgIpc) is 2.49. The van der Waals surface area contributed by atoms with E-state index in [4.69, 9.17) is 5.26 Å². The number of hydrogen-bond acceptors (Lipinski definition) is 2. The maximum atomic E-state index is 13.8. The molecule has 0 aliphatic heterocycles. The third-order valence-corrected chi connectivity index (χ3v) is 3.19. The van der Waals surface area contributed by atoms with E-state index in [2.05, 4.69) is 11.8 Å². The number of nitrogens with zero attached hydrogens (tertiary/aromatic N) is 2. The third kappa shape index (κ3) is 3.16. The van der Waals surface area contributed by atoms with Gasteiger partial charge >= 0.3 is 0 Å². The zero-order valence-electron chi connectivity index (χ0n) is 11.5. The minimum atomic E-state index is -0.470. The molecule has 0 unspecified atom stereocenters. The lowest BCUT2D eigenvalue weighted by Crippen LogP contribution is -2.18. The Balaban J connectivity index is 2.36. The van der Waals surface area contributed by atoms with Gasteiger partial charge in [-0.3, -0.25) is 0 Å². The lowest BCUT2D eigenvalue weighted by molar-refractivity contribution is 0.623. The van der Waals surface area contributed by atoms with Crippen LogP contribution in [0, 0.1) is 17.1 Å². The Kier molecular flexibility index (Phi) is 4.73. The summed E-state index contributed by atoms with van der Waals surface area (Å²) in [6, 6.07) is 16.5. The van der Waals surface area contributed by atoms with Gasteiger partial charge in [0.1, 0.15) is 11.9 Å². The van der Waals surface area contributed by atoms with Crippen molar-refractivity contribution in [2.75, 3.05) is 11.4 Å². The summed E-state index contributed by atoms with van der Waals surface area (Å²) >= 11 is 0. The molecule has 0 amide bonds. The molecule has 2 nitrogen and oxygen atoms in total. The zero-order valence-corrected chi connectivity index (χ0v) is 11.5. The smallest absolute Gasteiger partial charge is 0.143 e. The Bertz CT molecular complexity index is 602. The summed E-state index contributed by atoms with van der Waals surface area (Å²) in [7, 11) is 0. The maximum absolute atomic E-state index is 13.8. The molecule has 0 N–H and O–H groups in total. The summed E-state index contributed by atoms with van der Waals surface area (Å²) in [5.74, 6) is -0.470. The fraction of sp³-hybridized carbons (Fsp3) is 0.235. The molecule has 0 aromatic heterocycles. The van der Waals surface area contributed by atoms with Crippen molar-refractivity contribution in [2.45, 2.75) is 19.8 Å². The molecule has 3 heteroatoms. The monoisotopic (exact) mass is 268 g/mol. The second-order valence-corrected chi connectivity index (χ2v) is 4.62. The first kappa shape index (κ1) is 14.1. The first-order valence-corrected chi connectivity index (χ1v) is 6.78. The highest BCUT2D eigenvalue weighted by atomic mass is 19.1. The minimum Gasteiger partial charge on any atom is -0.341 e. The van der Waals surface area contributed by atoms with Crippen LogP contribution in [0.1, 0.15) is 25.3 Å². The summed E-state index contributed by atoms with van der Waals surface area (Å²) in [5.41, 5.74) is 1.89. The maximum Gasteiger partial charge on any atom is 0.143 e. The fourth-order valence-electron chi connectivity index (χ4n) is 2.09. The van der Waals surface area contributed by atoms with Crippen molar-refractivity contribution in [3.63, 3.8) is 0 Å². The van der Waals surface area contributed by atoms with Crippen LogP contribution in [0.4, 0.5) is 15.8 Å². The molecule has 0 fully saturated rings. The molecule has 2 aromatic rings. The molecule has 2 rings (SSSR count). The highest BCUT2D eigenvalue weighted by Gasteiger charge is 2.11. The number of hydrogen-bond donors (Lipinski definition) is 0. The topological polar surface area (TPSA) is 27.0 Å². The van der Waals surface area contributed by atoms with E-state index in [1.165, 1.54) is 12.1 Å². The van der Waals surface area contributed by atoms with Crippen molar-refractivity contribution >= 4 is 11.4 Å². The van der Waals surface area contributed by atoms with Crippen LogP contribution in [0.15, 0.2) is 48.5 Å². The van der Waals surface area contributed by atoms with Crippen LogP contribution < -0.4 is 4.90 Å². The van der Waals surface area contributed by atoms with Crippen LogP contribution in [0.3, 0.4) is 0 Å². The number of anilines is 2. The predicted molar refractivity (Wildman–Crippen MR) is 79.5 cm³/mol. The van der Waals surface area contributed by atoms with E-state index in [0.29, 0.717) is 0 Å². The van der Waals surface area contributed by atoms with E-state index in [-0.39, 0.29) is 5.56 Å². The van der Waals surface area contributed by atoms with Crippen molar-refractivity contribution in [3.05, 3.63) is 59.9 Å². The summed E-state index contributed by atoms with van der Waals surface area (Å²) in [6.07, 6.45) is 2.10. The van der Waals surface area contributed by atoms with Crippen LogP contribution in [-0.2, 0) is 0 Å². The molecule has 0 aliphatic rings. The Morgan fingerprint density at radius 3 is 2.45 bits per heavy atom. The van der Waals surface area contributed by atoms with Gasteiger partial charge in [-0.15, -0.1) is 0 Å². The van der Waals surface area contributed by atoms with Crippen molar-refractivity contribution in [2.24, 2.45) is 0 Å². The second kappa shape index (κ2) is 6.72. The zero-order chi connectivity index (χ0) is 14.4. The molecule has 0 bridgehead atoms. The van der Waals surface area contributed by atoms with E-state index in [9.17, 15) is 4.39 Å². The van der Waals surface area contributed by atoms with Crippen LogP contribution >= 0.6 is 0 Å². The van der Waals surface area contributed by atoms with Gasteiger partial charge in [0, 0.05) is 17.9 Å². The molecule has 0 heterocycles. The van der Waals surface area contributed by atoms with Crippen molar-refractivity contribution in [1.82, 2.24) is 0 Å². The van der Waals surface area contributed by atoms with Crippen LogP contribution in [0.5, 0.6) is 0 Å². The van der Waals surface area contributed by atoms with Crippen molar-refractivity contribution in [3.8, 4) is 6.07 Å². The van der Waals surface area contributed by atoms with Gasteiger partial charge in [0.2, 0.25) is 0 Å². The minimum absolute atomic E-state index is 0.0808. The van der Waals surface area contributed by atoms with Crippen LogP contribution in [-0.4, -0.2) is 6.54 Å². The molecule has 2 aromatic carbocycles. The Hall–Kier alpha value is -2.34. The number of para-hydroxylation sites is 1. The third-order valence-electron chi connectivity index (χ3n) is 3.19. The normalized spacial score (nSPS) is 10.1. The SMILES string of the molecule is CCCCN(c1ccccc1)c1ccc(C#N)c(F)c1. The summed E-state index contributed by atoms with van der Waals surface area (Å²) in [5, 5.41) is 8.80. The number of rotatable bonds is 5. The molecule has 20 heavy (non-hydrogen) atoms. The average molecular weight is 268 g/mol. The number of benzene rings is 2. The molecular weight excluding hydrogens is 251 g/mol. The lowest BCUT2D eigenvalue weighted by Gasteiger charge is -2.25. The molecule has 102 valence electrons. The van der Waals surface area contributed by atoms with Gasteiger partial charge in [-0.2, -0.15) is 5.26 Å². The molecular formula is C17H17FN2. The van der Waals surface area contributed by atoms with E-state index >= 15 is 0 Å². The Morgan fingerprint density at radius 2 is 1.85 bits per heavy atom. The highest BCUT2D eigenvalue weighted by molar-refractivity contribution is 5.64. The molecule has 0 saturated heterocycles. The Morgan fingerprint density at radius 1 is 1.10 bits per heavy atom. The largest absolute Gasteiger partial charge is 0.341 e. The quantitative estimate of drug-likeness (QED) is 0.790. The van der Waals surface area contributed by atoms with Gasteiger partial charge in [0.15, 0.2) is 0 Å². The molecule has 0 aliphatic carbocycles. The van der Waals surface area contributed by atoms with Gasteiger partial charge in [-0.05, 0) is 36.8 Å². The fourth-order valence-corrected chi connectivity index (χ4v) is 2.09. The standard InChI is InChI=1S/C17H17FN2/c1-2-3-11-20(15-7-5-4-6-8-15)16-10-9-14(13-19)17(18)12-16/h4-10,12H,2-3,11H2,1H3. The van der Waals surface area contributed by atoms with Gasteiger partial charge in [0.25, 0.3) is 0 Å². The molecule has 0 saturated carbocycles.